The Morgan fingerprint density at radius 2 is 2.33 bits per heavy atom. The second kappa shape index (κ2) is 3.80. The molecule has 0 rings (SSSR count). The predicted molar refractivity (Wildman–Crippen MR) is 32.7 cm³/mol. The highest BCUT2D eigenvalue weighted by Gasteiger charge is 2.17. The topological polar surface area (TPSA) is 66.8 Å². The van der Waals surface area contributed by atoms with Crippen molar-refractivity contribution in [1.29, 1.82) is 0 Å². The Balaban J connectivity index is 3.58. The van der Waals surface area contributed by atoms with Crippen LogP contribution in [0.2, 0.25) is 0 Å². The molecule has 0 aromatic carbocycles. The van der Waals surface area contributed by atoms with Crippen molar-refractivity contribution in [3.8, 4) is 0 Å². The maximum absolute atomic E-state index is 10.3. The first-order valence-corrected chi connectivity index (χ1v) is 3.88. The molecule has 1 radical (unpaired) electrons. The average molecular weight is 151 g/mol. The fraction of sp³-hybridized carbons (Fsp3) is 0.250. The van der Waals surface area contributed by atoms with Crippen LogP contribution in [0.5, 0.6) is 0 Å². The molecule has 0 spiro atoms. The van der Waals surface area contributed by atoms with Gasteiger partial charge in [0.05, 0.1) is 6.16 Å². The molecule has 0 aliphatic carbocycles. The van der Waals surface area contributed by atoms with Crippen LogP contribution in [0.1, 0.15) is 6.42 Å². The summed E-state index contributed by atoms with van der Waals surface area (Å²) in [5, 5.41) is 7.74. The standard InChI is InChI=1S/C4H8O4P/c1-2-3-4-9(6,7)8-5/h2,4-5H,1,3H2,(H,6,7). The molecule has 0 saturated carbocycles. The summed E-state index contributed by atoms with van der Waals surface area (Å²) >= 11 is 0. The third kappa shape index (κ3) is 4.36. The van der Waals surface area contributed by atoms with E-state index in [1.807, 2.05) is 0 Å². The van der Waals surface area contributed by atoms with Gasteiger partial charge < -0.3 is 4.89 Å². The van der Waals surface area contributed by atoms with Crippen LogP contribution >= 0.6 is 7.60 Å². The third-order valence-electron chi connectivity index (χ3n) is 0.620. The molecule has 1 unspecified atom stereocenters. The summed E-state index contributed by atoms with van der Waals surface area (Å²) in [5.41, 5.74) is 0. The van der Waals surface area contributed by atoms with E-state index in [1.54, 1.807) is 0 Å². The second-order valence-corrected chi connectivity index (χ2v) is 3.01. The molecule has 0 heterocycles. The first-order chi connectivity index (χ1) is 4.12. The number of rotatable bonds is 4. The van der Waals surface area contributed by atoms with Gasteiger partial charge >= 0.3 is 7.60 Å². The van der Waals surface area contributed by atoms with E-state index in [1.165, 1.54) is 6.08 Å². The van der Waals surface area contributed by atoms with E-state index in [0.717, 1.165) is 6.16 Å². The Labute approximate surface area is 53.2 Å². The van der Waals surface area contributed by atoms with E-state index in [2.05, 4.69) is 11.3 Å². The highest BCUT2D eigenvalue weighted by molar-refractivity contribution is 7.55. The molecule has 1 atom stereocenters. The molecule has 4 nitrogen and oxygen atoms in total. The van der Waals surface area contributed by atoms with Crippen molar-refractivity contribution in [2.24, 2.45) is 0 Å². The van der Waals surface area contributed by atoms with Crippen molar-refractivity contribution in [2.75, 3.05) is 0 Å². The quantitative estimate of drug-likeness (QED) is 0.276. The lowest BCUT2D eigenvalue weighted by Crippen LogP contribution is -1.83. The monoisotopic (exact) mass is 151 g/mol. The van der Waals surface area contributed by atoms with E-state index in [9.17, 15) is 4.57 Å². The highest BCUT2D eigenvalue weighted by Crippen LogP contribution is 2.44. The van der Waals surface area contributed by atoms with E-state index >= 15 is 0 Å². The second-order valence-electron chi connectivity index (χ2n) is 1.35. The fourth-order valence-corrected chi connectivity index (χ4v) is 0.723. The van der Waals surface area contributed by atoms with Crippen LogP contribution in [0.3, 0.4) is 0 Å². The van der Waals surface area contributed by atoms with Crippen molar-refractivity contribution in [3.05, 3.63) is 18.8 Å². The Bertz CT molecular complexity index is 133. The Hall–Kier alpha value is -0.150. The van der Waals surface area contributed by atoms with Crippen LogP contribution in [-0.2, 0) is 9.24 Å². The van der Waals surface area contributed by atoms with Crippen LogP contribution in [0.4, 0.5) is 0 Å². The minimum atomic E-state index is -3.83. The summed E-state index contributed by atoms with van der Waals surface area (Å²) < 4.78 is 13.6. The summed E-state index contributed by atoms with van der Waals surface area (Å²) in [6.07, 6.45) is 2.59. The van der Waals surface area contributed by atoms with Crippen molar-refractivity contribution < 1.29 is 19.4 Å². The Kier molecular flexibility index (Phi) is 3.73. The molecule has 5 heteroatoms. The summed E-state index contributed by atoms with van der Waals surface area (Å²) in [6.45, 7) is 3.30. The minimum absolute atomic E-state index is 0.230. The fourth-order valence-electron chi connectivity index (χ4n) is 0.241. The van der Waals surface area contributed by atoms with Crippen LogP contribution in [0.25, 0.3) is 0 Å². The Morgan fingerprint density at radius 1 is 1.78 bits per heavy atom. The minimum Gasteiger partial charge on any atom is -0.323 e. The van der Waals surface area contributed by atoms with Gasteiger partial charge in [0.15, 0.2) is 0 Å². The average Bonchev–Trinajstić information content (AvgIpc) is 1.84. The van der Waals surface area contributed by atoms with Crippen molar-refractivity contribution in [1.82, 2.24) is 0 Å². The van der Waals surface area contributed by atoms with Gasteiger partial charge in [-0.2, -0.15) is 4.67 Å². The first-order valence-electron chi connectivity index (χ1n) is 2.23. The summed E-state index contributed by atoms with van der Waals surface area (Å²) in [6, 6.07) is 0. The molecule has 2 N–H and O–H groups in total. The van der Waals surface area contributed by atoms with E-state index < -0.39 is 7.60 Å². The van der Waals surface area contributed by atoms with Gasteiger partial charge in [-0.3, -0.25) is 4.57 Å². The third-order valence-corrected chi connectivity index (χ3v) is 1.53. The lowest BCUT2D eigenvalue weighted by molar-refractivity contribution is -0.144. The molecule has 53 valence electrons. The molecule has 9 heavy (non-hydrogen) atoms. The van der Waals surface area contributed by atoms with Crippen LogP contribution in [0.15, 0.2) is 12.7 Å². The van der Waals surface area contributed by atoms with Crippen LogP contribution in [-0.4, -0.2) is 10.2 Å². The van der Waals surface area contributed by atoms with Crippen LogP contribution in [0, 0.1) is 6.16 Å². The molecule has 0 aromatic heterocycles. The van der Waals surface area contributed by atoms with Gasteiger partial charge in [0.1, 0.15) is 0 Å². The number of hydrogen-bond donors (Lipinski definition) is 2. The SMILES string of the molecule is C=CC[CH]P(=O)(O)OO. The normalized spacial score (nSPS) is 16.7. The zero-order chi connectivity index (χ0) is 7.33. The molecule has 0 fully saturated rings. The predicted octanol–water partition coefficient (Wildman–Crippen LogP) is 1.40. The molecular weight excluding hydrogens is 143 g/mol. The maximum atomic E-state index is 10.3. The first kappa shape index (κ1) is 8.85. The summed E-state index contributed by atoms with van der Waals surface area (Å²) in [5.74, 6) is 0. The smallest absolute Gasteiger partial charge is 0.323 e. The summed E-state index contributed by atoms with van der Waals surface area (Å²) in [4.78, 5) is 8.43. The molecular formula is C4H8O4P. The van der Waals surface area contributed by atoms with Gasteiger partial charge in [-0.05, 0) is 6.42 Å². The molecule has 0 aliphatic rings. The molecule has 0 aromatic rings. The van der Waals surface area contributed by atoms with Crippen molar-refractivity contribution >= 4 is 7.60 Å². The van der Waals surface area contributed by atoms with Gasteiger partial charge in [0, 0.05) is 0 Å². The largest absolute Gasteiger partial charge is 0.359 e. The van der Waals surface area contributed by atoms with Gasteiger partial charge in [-0.1, -0.05) is 6.08 Å². The van der Waals surface area contributed by atoms with Gasteiger partial charge in [-0.25, -0.2) is 5.26 Å². The molecule has 0 saturated heterocycles. The number of hydrogen-bond acceptors (Lipinski definition) is 3. The maximum Gasteiger partial charge on any atom is 0.359 e. The van der Waals surface area contributed by atoms with Crippen molar-refractivity contribution in [3.63, 3.8) is 0 Å². The lowest BCUT2D eigenvalue weighted by atomic mass is 10.5. The molecule has 0 amide bonds. The molecule has 0 bridgehead atoms. The van der Waals surface area contributed by atoms with Crippen LogP contribution < -0.4 is 0 Å². The summed E-state index contributed by atoms with van der Waals surface area (Å²) in [7, 11) is -3.83. The van der Waals surface area contributed by atoms with Gasteiger partial charge in [0.25, 0.3) is 0 Å². The molecule has 0 aliphatic heterocycles. The van der Waals surface area contributed by atoms with Gasteiger partial charge in [-0.15, -0.1) is 6.58 Å². The van der Waals surface area contributed by atoms with E-state index in [-0.39, 0.29) is 6.42 Å². The highest BCUT2D eigenvalue weighted by atomic mass is 31.2. The Morgan fingerprint density at radius 3 is 2.67 bits per heavy atom. The van der Waals surface area contributed by atoms with Crippen molar-refractivity contribution in [2.45, 2.75) is 6.42 Å². The van der Waals surface area contributed by atoms with Gasteiger partial charge in [0.2, 0.25) is 0 Å². The lowest BCUT2D eigenvalue weighted by Gasteiger charge is -2.01. The zero-order valence-electron chi connectivity index (χ0n) is 4.73. The van der Waals surface area contributed by atoms with E-state index in [0.29, 0.717) is 0 Å². The van der Waals surface area contributed by atoms with E-state index in [4.69, 9.17) is 10.2 Å². The zero-order valence-corrected chi connectivity index (χ0v) is 5.62. The number of allylic oxidation sites excluding steroid dienone is 1.